The first kappa shape index (κ1) is 12.3. The van der Waals surface area contributed by atoms with Gasteiger partial charge < -0.3 is 5.11 Å². The van der Waals surface area contributed by atoms with Gasteiger partial charge >= 0.3 is 0 Å². The quantitative estimate of drug-likeness (QED) is 0.926. The number of rotatable bonds is 2. The largest absolute Gasteiger partial charge is 0.382 e. The number of nitrogens with zero attached hydrogens (tertiary/aromatic N) is 2. The summed E-state index contributed by atoms with van der Waals surface area (Å²) in [6, 6.07) is 4.71. The summed E-state index contributed by atoms with van der Waals surface area (Å²) in [5.41, 5.74) is 1.68. The number of aromatic nitrogens is 2. The van der Waals surface area contributed by atoms with E-state index < -0.39 is 6.10 Å². The molecule has 0 fully saturated rings. The normalized spacial score (nSPS) is 12.8. The van der Waals surface area contributed by atoms with E-state index in [2.05, 4.69) is 21.0 Å². The maximum absolute atomic E-state index is 13.4. The van der Waals surface area contributed by atoms with Crippen molar-refractivity contribution >= 4 is 15.9 Å². The fraction of sp³-hybridized carbons (Fsp3) is 0.250. The molecule has 2 aromatic rings. The highest BCUT2D eigenvalue weighted by Gasteiger charge is 2.18. The maximum Gasteiger partial charge on any atom is 0.126 e. The van der Waals surface area contributed by atoms with Crippen molar-refractivity contribution in [2.45, 2.75) is 13.0 Å². The fourth-order valence-electron chi connectivity index (χ4n) is 1.66. The Balaban J connectivity index is 2.43. The summed E-state index contributed by atoms with van der Waals surface area (Å²) < 4.78 is 15.7. The van der Waals surface area contributed by atoms with Gasteiger partial charge in [-0.25, -0.2) is 4.39 Å². The first-order valence-electron chi connectivity index (χ1n) is 5.12. The molecule has 1 atom stereocenters. The van der Waals surface area contributed by atoms with Gasteiger partial charge in [-0.05, 0) is 40.0 Å². The van der Waals surface area contributed by atoms with Crippen molar-refractivity contribution in [1.82, 2.24) is 9.78 Å². The molecule has 0 spiro atoms. The third-order valence-electron chi connectivity index (χ3n) is 2.71. The van der Waals surface area contributed by atoms with Crippen LogP contribution in [0.25, 0.3) is 0 Å². The van der Waals surface area contributed by atoms with Gasteiger partial charge in [0.15, 0.2) is 0 Å². The number of benzene rings is 1. The minimum absolute atomic E-state index is 0.320. The van der Waals surface area contributed by atoms with Gasteiger partial charge in [0.1, 0.15) is 11.9 Å². The van der Waals surface area contributed by atoms with E-state index in [0.29, 0.717) is 21.3 Å². The Kier molecular flexibility index (Phi) is 3.31. The molecule has 5 heteroatoms. The zero-order valence-electron chi connectivity index (χ0n) is 9.48. The van der Waals surface area contributed by atoms with E-state index in [-0.39, 0.29) is 5.82 Å². The molecule has 0 radical (unpaired) electrons. The molecule has 1 unspecified atom stereocenters. The van der Waals surface area contributed by atoms with Crippen LogP contribution in [0.15, 0.2) is 28.9 Å². The Morgan fingerprint density at radius 3 is 2.71 bits per heavy atom. The summed E-state index contributed by atoms with van der Waals surface area (Å²) in [6.45, 7) is 1.69. The molecule has 0 amide bonds. The SMILES string of the molecule is Cc1ccc(C(O)c2c(Br)cnn2C)cc1F. The van der Waals surface area contributed by atoms with Crippen molar-refractivity contribution < 1.29 is 9.50 Å². The van der Waals surface area contributed by atoms with Gasteiger partial charge in [0.25, 0.3) is 0 Å². The average Bonchev–Trinajstić information content (AvgIpc) is 2.62. The van der Waals surface area contributed by atoms with Crippen LogP contribution in [0.2, 0.25) is 0 Å². The lowest BCUT2D eigenvalue weighted by Crippen LogP contribution is -2.07. The molecule has 90 valence electrons. The molecule has 17 heavy (non-hydrogen) atoms. The first-order chi connectivity index (χ1) is 8.00. The third kappa shape index (κ3) is 2.25. The summed E-state index contributed by atoms with van der Waals surface area (Å²) in [4.78, 5) is 0. The third-order valence-corrected chi connectivity index (χ3v) is 3.32. The van der Waals surface area contributed by atoms with Crippen molar-refractivity contribution in [3.05, 3.63) is 51.5 Å². The Bertz CT molecular complexity index is 534. The Hall–Kier alpha value is -1.20. The van der Waals surface area contributed by atoms with Gasteiger partial charge in [0.05, 0.1) is 16.4 Å². The Morgan fingerprint density at radius 1 is 1.47 bits per heavy atom. The van der Waals surface area contributed by atoms with Crippen LogP contribution in [0.5, 0.6) is 0 Å². The van der Waals surface area contributed by atoms with Crippen LogP contribution in [0.3, 0.4) is 0 Å². The van der Waals surface area contributed by atoms with Crippen molar-refractivity contribution in [1.29, 1.82) is 0 Å². The molecule has 1 aromatic heterocycles. The minimum Gasteiger partial charge on any atom is -0.382 e. The number of aliphatic hydroxyl groups excluding tert-OH is 1. The molecule has 0 aliphatic rings. The van der Waals surface area contributed by atoms with E-state index in [1.54, 1.807) is 37.0 Å². The Labute approximate surface area is 107 Å². The molecular weight excluding hydrogens is 287 g/mol. The number of aliphatic hydroxyl groups is 1. The van der Waals surface area contributed by atoms with Crippen molar-refractivity contribution in [2.75, 3.05) is 0 Å². The predicted octanol–water partition coefficient (Wildman–Crippen LogP) is 2.71. The molecule has 0 aliphatic carbocycles. The van der Waals surface area contributed by atoms with Crippen molar-refractivity contribution in [3.63, 3.8) is 0 Å². The van der Waals surface area contributed by atoms with Crippen LogP contribution in [0.1, 0.15) is 22.9 Å². The van der Waals surface area contributed by atoms with E-state index in [9.17, 15) is 9.50 Å². The highest BCUT2D eigenvalue weighted by Crippen LogP contribution is 2.28. The number of halogens is 2. The van der Waals surface area contributed by atoms with E-state index in [1.807, 2.05) is 0 Å². The predicted molar refractivity (Wildman–Crippen MR) is 66.1 cm³/mol. The second-order valence-corrected chi connectivity index (χ2v) is 4.77. The summed E-state index contributed by atoms with van der Waals surface area (Å²) in [5, 5.41) is 14.2. The number of hydrogen-bond acceptors (Lipinski definition) is 2. The molecule has 1 aromatic carbocycles. The fourth-order valence-corrected chi connectivity index (χ4v) is 2.23. The molecule has 3 nitrogen and oxygen atoms in total. The van der Waals surface area contributed by atoms with Gasteiger partial charge in [0, 0.05) is 7.05 Å². The molecule has 1 N–H and O–H groups in total. The lowest BCUT2D eigenvalue weighted by molar-refractivity contribution is 0.208. The van der Waals surface area contributed by atoms with Crippen LogP contribution >= 0.6 is 15.9 Å². The van der Waals surface area contributed by atoms with Crippen LogP contribution in [0.4, 0.5) is 4.39 Å². The number of hydrogen-bond donors (Lipinski definition) is 1. The summed E-state index contributed by atoms with van der Waals surface area (Å²) >= 11 is 3.31. The lowest BCUT2D eigenvalue weighted by atomic mass is 10.0. The molecular formula is C12H12BrFN2O. The second-order valence-electron chi connectivity index (χ2n) is 3.91. The van der Waals surface area contributed by atoms with Gasteiger partial charge in [-0.1, -0.05) is 12.1 Å². The van der Waals surface area contributed by atoms with Crippen molar-refractivity contribution in [2.24, 2.45) is 7.05 Å². The van der Waals surface area contributed by atoms with Crippen molar-refractivity contribution in [3.8, 4) is 0 Å². The van der Waals surface area contributed by atoms with Gasteiger partial charge in [-0.3, -0.25) is 4.68 Å². The topological polar surface area (TPSA) is 38.1 Å². The van der Waals surface area contributed by atoms with Crippen LogP contribution < -0.4 is 0 Å². The van der Waals surface area contributed by atoms with E-state index in [4.69, 9.17) is 0 Å². The highest BCUT2D eigenvalue weighted by atomic mass is 79.9. The molecule has 0 bridgehead atoms. The first-order valence-corrected chi connectivity index (χ1v) is 5.91. The zero-order valence-corrected chi connectivity index (χ0v) is 11.1. The van der Waals surface area contributed by atoms with Crippen LogP contribution in [0, 0.1) is 12.7 Å². The smallest absolute Gasteiger partial charge is 0.126 e. The van der Waals surface area contributed by atoms with Crippen LogP contribution in [-0.2, 0) is 7.05 Å². The van der Waals surface area contributed by atoms with Gasteiger partial charge in [0.2, 0.25) is 0 Å². The molecule has 0 saturated carbocycles. The van der Waals surface area contributed by atoms with Gasteiger partial charge in [-0.2, -0.15) is 5.10 Å². The summed E-state index contributed by atoms with van der Waals surface area (Å²) in [5.74, 6) is -0.320. The molecule has 0 aliphatic heterocycles. The summed E-state index contributed by atoms with van der Waals surface area (Å²) in [6.07, 6.45) is 0.704. The summed E-state index contributed by atoms with van der Waals surface area (Å²) in [7, 11) is 1.73. The van der Waals surface area contributed by atoms with E-state index >= 15 is 0 Å². The minimum atomic E-state index is -0.896. The highest BCUT2D eigenvalue weighted by molar-refractivity contribution is 9.10. The number of aryl methyl sites for hydroxylation is 2. The molecule has 2 rings (SSSR count). The maximum atomic E-state index is 13.4. The lowest BCUT2D eigenvalue weighted by Gasteiger charge is -2.13. The molecule has 0 saturated heterocycles. The Morgan fingerprint density at radius 2 is 2.18 bits per heavy atom. The van der Waals surface area contributed by atoms with E-state index in [0.717, 1.165) is 0 Å². The van der Waals surface area contributed by atoms with Gasteiger partial charge in [-0.15, -0.1) is 0 Å². The zero-order chi connectivity index (χ0) is 12.6. The van der Waals surface area contributed by atoms with E-state index in [1.165, 1.54) is 6.07 Å². The van der Waals surface area contributed by atoms with Crippen LogP contribution in [-0.4, -0.2) is 14.9 Å². The second kappa shape index (κ2) is 4.58. The average molecular weight is 299 g/mol. The standard InChI is InChI=1S/C12H12BrFN2O/c1-7-3-4-8(5-10(7)14)12(17)11-9(13)6-15-16(11)2/h3-6,12,17H,1-2H3. The monoisotopic (exact) mass is 298 g/mol. The molecule has 1 heterocycles.